The van der Waals surface area contributed by atoms with Crippen LogP contribution in [0, 0.1) is 0 Å². The zero-order chi connectivity index (χ0) is 11.5. The van der Waals surface area contributed by atoms with Crippen LogP contribution in [-0.4, -0.2) is 42.5 Å². The van der Waals surface area contributed by atoms with Crippen molar-refractivity contribution < 1.29 is 0 Å². The van der Waals surface area contributed by atoms with Crippen LogP contribution in [0.3, 0.4) is 0 Å². The molecule has 1 saturated heterocycles. The van der Waals surface area contributed by atoms with Gasteiger partial charge in [-0.25, -0.2) is 0 Å². The summed E-state index contributed by atoms with van der Waals surface area (Å²) in [6.07, 6.45) is 0. The van der Waals surface area contributed by atoms with Crippen molar-refractivity contribution in [2.24, 2.45) is 0 Å². The third-order valence-electron chi connectivity index (χ3n) is 3.40. The van der Waals surface area contributed by atoms with Crippen LogP contribution in [-0.2, 0) is 6.54 Å². The molecular formula is C13H21N3. The zero-order valence-corrected chi connectivity index (χ0v) is 10.2. The minimum atomic E-state index is 0.610. The summed E-state index contributed by atoms with van der Waals surface area (Å²) in [5, 5.41) is 0. The van der Waals surface area contributed by atoms with Crippen molar-refractivity contribution in [2.45, 2.75) is 19.5 Å². The molecule has 1 fully saturated rings. The Morgan fingerprint density at radius 1 is 1.31 bits per heavy atom. The summed E-state index contributed by atoms with van der Waals surface area (Å²) >= 11 is 0. The molecule has 0 aliphatic carbocycles. The molecule has 1 aliphatic rings. The first kappa shape index (κ1) is 11.4. The number of nitrogen functional groups attached to an aromatic ring is 1. The Balaban J connectivity index is 2.02. The van der Waals surface area contributed by atoms with Gasteiger partial charge in [0.1, 0.15) is 0 Å². The monoisotopic (exact) mass is 219 g/mol. The van der Waals surface area contributed by atoms with Crippen LogP contribution in [0.1, 0.15) is 12.5 Å². The minimum absolute atomic E-state index is 0.610. The Hall–Kier alpha value is -1.06. The molecule has 0 radical (unpaired) electrons. The highest BCUT2D eigenvalue weighted by atomic mass is 15.3. The van der Waals surface area contributed by atoms with E-state index in [-0.39, 0.29) is 0 Å². The largest absolute Gasteiger partial charge is 0.398 e. The molecule has 1 atom stereocenters. The lowest BCUT2D eigenvalue weighted by atomic mass is 10.1. The van der Waals surface area contributed by atoms with Gasteiger partial charge in [-0.15, -0.1) is 0 Å². The Morgan fingerprint density at radius 3 is 2.75 bits per heavy atom. The second-order valence-electron chi connectivity index (χ2n) is 4.78. The van der Waals surface area contributed by atoms with Crippen LogP contribution in [0.25, 0.3) is 0 Å². The molecule has 16 heavy (non-hydrogen) atoms. The first-order chi connectivity index (χ1) is 7.66. The molecule has 0 saturated carbocycles. The Morgan fingerprint density at radius 2 is 2.06 bits per heavy atom. The van der Waals surface area contributed by atoms with Crippen LogP contribution in [0.2, 0.25) is 0 Å². The van der Waals surface area contributed by atoms with E-state index in [2.05, 4.69) is 35.9 Å². The van der Waals surface area contributed by atoms with E-state index in [0.717, 1.165) is 31.9 Å². The normalized spacial score (nSPS) is 23.5. The number of nitrogens with zero attached hydrogens (tertiary/aromatic N) is 2. The Bertz CT molecular complexity index is 351. The molecule has 1 heterocycles. The molecule has 0 spiro atoms. The number of piperazine rings is 1. The van der Waals surface area contributed by atoms with Crippen LogP contribution in [0.4, 0.5) is 5.69 Å². The predicted octanol–water partition coefficient (Wildman–Crippen LogP) is 1.40. The van der Waals surface area contributed by atoms with Crippen molar-refractivity contribution in [3.63, 3.8) is 0 Å². The number of anilines is 1. The molecule has 0 bridgehead atoms. The molecule has 3 nitrogen and oxygen atoms in total. The molecule has 88 valence electrons. The first-order valence-corrected chi connectivity index (χ1v) is 5.93. The van der Waals surface area contributed by atoms with Gasteiger partial charge in [0, 0.05) is 37.9 Å². The first-order valence-electron chi connectivity index (χ1n) is 5.93. The van der Waals surface area contributed by atoms with Crippen LogP contribution in [0.5, 0.6) is 0 Å². The summed E-state index contributed by atoms with van der Waals surface area (Å²) in [5.41, 5.74) is 8.13. The molecule has 0 aromatic heterocycles. The molecular weight excluding hydrogens is 198 g/mol. The van der Waals surface area contributed by atoms with Crippen LogP contribution >= 0.6 is 0 Å². The van der Waals surface area contributed by atoms with E-state index in [0.29, 0.717) is 6.04 Å². The van der Waals surface area contributed by atoms with Crippen molar-refractivity contribution in [1.29, 1.82) is 0 Å². The Kier molecular flexibility index (Phi) is 3.46. The standard InChI is InChI=1S/C13H21N3/c1-11-9-15(2)7-8-16(11)10-12-5-3-4-6-13(12)14/h3-6,11H,7-10,14H2,1-2H3. The number of likely N-dealkylation sites (N-methyl/N-ethyl adjacent to an activating group) is 1. The topological polar surface area (TPSA) is 32.5 Å². The highest BCUT2D eigenvalue weighted by Crippen LogP contribution is 2.17. The van der Waals surface area contributed by atoms with Gasteiger partial charge in [0.25, 0.3) is 0 Å². The van der Waals surface area contributed by atoms with Crippen molar-refractivity contribution in [3.8, 4) is 0 Å². The number of hydrogen-bond donors (Lipinski definition) is 1. The van der Waals surface area contributed by atoms with E-state index >= 15 is 0 Å². The van der Waals surface area contributed by atoms with Gasteiger partial charge in [0.15, 0.2) is 0 Å². The van der Waals surface area contributed by atoms with E-state index in [1.165, 1.54) is 5.56 Å². The lowest BCUT2D eigenvalue weighted by Crippen LogP contribution is -2.49. The van der Waals surface area contributed by atoms with E-state index in [1.807, 2.05) is 12.1 Å². The van der Waals surface area contributed by atoms with Gasteiger partial charge in [-0.05, 0) is 25.6 Å². The molecule has 3 heteroatoms. The number of para-hydroxylation sites is 1. The second-order valence-corrected chi connectivity index (χ2v) is 4.78. The maximum atomic E-state index is 5.97. The lowest BCUT2D eigenvalue weighted by molar-refractivity contribution is 0.0940. The van der Waals surface area contributed by atoms with Gasteiger partial charge in [0.2, 0.25) is 0 Å². The van der Waals surface area contributed by atoms with Crippen molar-refractivity contribution in [2.75, 3.05) is 32.4 Å². The molecule has 2 N–H and O–H groups in total. The average molecular weight is 219 g/mol. The summed E-state index contributed by atoms with van der Waals surface area (Å²) < 4.78 is 0. The van der Waals surface area contributed by atoms with E-state index in [4.69, 9.17) is 5.73 Å². The van der Waals surface area contributed by atoms with Crippen LogP contribution < -0.4 is 5.73 Å². The fraction of sp³-hybridized carbons (Fsp3) is 0.538. The molecule has 1 aromatic carbocycles. The molecule has 1 aromatic rings. The van der Waals surface area contributed by atoms with Gasteiger partial charge in [0.05, 0.1) is 0 Å². The van der Waals surface area contributed by atoms with Crippen molar-refractivity contribution >= 4 is 5.69 Å². The van der Waals surface area contributed by atoms with E-state index < -0.39 is 0 Å². The lowest BCUT2D eigenvalue weighted by Gasteiger charge is -2.38. The van der Waals surface area contributed by atoms with Gasteiger partial charge in [-0.1, -0.05) is 18.2 Å². The smallest absolute Gasteiger partial charge is 0.0359 e. The Labute approximate surface area is 97.8 Å². The quantitative estimate of drug-likeness (QED) is 0.763. The number of benzene rings is 1. The number of rotatable bonds is 2. The number of nitrogens with two attached hydrogens (primary N) is 1. The predicted molar refractivity (Wildman–Crippen MR) is 68.2 cm³/mol. The maximum Gasteiger partial charge on any atom is 0.0359 e. The van der Waals surface area contributed by atoms with Gasteiger partial charge in [-0.2, -0.15) is 0 Å². The zero-order valence-electron chi connectivity index (χ0n) is 10.2. The molecule has 0 amide bonds. The third-order valence-corrected chi connectivity index (χ3v) is 3.40. The SMILES string of the molecule is CC1CN(C)CCN1Cc1ccccc1N. The minimum Gasteiger partial charge on any atom is -0.398 e. The molecule has 2 rings (SSSR count). The van der Waals surface area contributed by atoms with Gasteiger partial charge in [-0.3, -0.25) is 4.90 Å². The van der Waals surface area contributed by atoms with Gasteiger partial charge >= 0.3 is 0 Å². The highest BCUT2D eigenvalue weighted by molar-refractivity contribution is 5.46. The highest BCUT2D eigenvalue weighted by Gasteiger charge is 2.21. The van der Waals surface area contributed by atoms with Crippen molar-refractivity contribution in [3.05, 3.63) is 29.8 Å². The van der Waals surface area contributed by atoms with E-state index in [1.54, 1.807) is 0 Å². The summed E-state index contributed by atoms with van der Waals surface area (Å²) in [6, 6.07) is 8.77. The van der Waals surface area contributed by atoms with E-state index in [9.17, 15) is 0 Å². The van der Waals surface area contributed by atoms with Crippen molar-refractivity contribution in [1.82, 2.24) is 9.80 Å². The molecule has 1 unspecified atom stereocenters. The summed E-state index contributed by atoms with van der Waals surface area (Å²) in [4.78, 5) is 4.89. The second kappa shape index (κ2) is 4.85. The fourth-order valence-corrected chi connectivity index (χ4v) is 2.31. The summed E-state index contributed by atoms with van der Waals surface area (Å²) in [7, 11) is 2.19. The number of hydrogen-bond acceptors (Lipinski definition) is 3. The van der Waals surface area contributed by atoms with Crippen LogP contribution in [0.15, 0.2) is 24.3 Å². The summed E-state index contributed by atoms with van der Waals surface area (Å²) in [5.74, 6) is 0. The fourth-order valence-electron chi connectivity index (χ4n) is 2.31. The van der Waals surface area contributed by atoms with Gasteiger partial charge < -0.3 is 10.6 Å². The average Bonchev–Trinajstić information content (AvgIpc) is 2.25. The summed E-state index contributed by atoms with van der Waals surface area (Å²) in [6.45, 7) is 6.69. The molecule has 1 aliphatic heterocycles. The third kappa shape index (κ3) is 2.54. The maximum absolute atomic E-state index is 5.97.